The third-order valence-electron chi connectivity index (χ3n) is 3.28. The molecule has 0 fully saturated rings. The second-order valence-electron chi connectivity index (χ2n) is 4.90. The van der Waals surface area contributed by atoms with Crippen LogP contribution in [0.5, 0.6) is 0 Å². The molecule has 3 N–H and O–H groups in total. The van der Waals surface area contributed by atoms with E-state index in [-0.39, 0.29) is 30.6 Å². The van der Waals surface area contributed by atoms with Crippen LogP contribution in [0.4, 0.5) is 0 Å². The van der Waals surface area contributed by atoms with Crippen LogP contribution in [0.25, 0.3) is 0 Å². The second-order valence-corrected chi connectivity index (χ2v) is 4.90. The molecule has 1 heterocycles. The maximum Gasteiger partial charge on any atom is 0.268 e. The zero-order valence-electron chi connectivity index (χ0n) is 11.2. The van der Waals surface area contributed by atoms with Crippen molar-refractivity contribution in [2.24, 2.45) is 5.10 Å². The lowest BCUT2D eigenvalue weighted by Crippen LogP contribution is -2.49. The van der Waals surface area contributed by atoms with Gasteiger partial charge >= 0.3 is 0 Å². The molecule has 106 valence electrons. The van der Waals surface area contributed by atoms with Crippen LogP contribution in [0, 0.1) is 0 Å². The summed E-state index contributed by atoms with van der Waals surface area (Å²) in [5, 5.41) is 16.1. The maximum atomic E-state index is 12.1. The van der Waals surface area contributed by atoms with Gasteiger partial charge in [0.15, 0.2) is 0 Å². The van der Waals surface area contributed by atoms with Gasteiger partial charge in [-0.25, -0.2) is 5.43 Å². The average molecular weight is 275 g/mol. The summed E-state index contributed by atoms with van der Waals surface area (Å²) in [7, 11) is 0. The lowest BCUT2D eigenvalue weighted by Gasteiger charge is -2.29. The van der Waals surface area contributed by atoms with E-state index in [4.69, 9.17) is 0 Å². The van der Waals surface area contributed by atoms with Crippen molar-refractivity contribution in [3.8, 4) is 0 Å². The summed E-state index contributed by atoms with van der Waals surface area (Å²) in [4.78, 5) is 23.2. The van der Waals surface area contributed by atoms with Crippen LogP contribution in [0.2, 0.25) is 0 Å². The molecule has 1 aliphatic heterocycles. The molecule has 0 aliphatic carbocycles. The topological polar surface area (TPSA) is 90.8 Å². The molecule has 0 spiro atoms. The zero-order chi connectivity index (χ0) is 14.6. The molecule has 1 aromatic rings. The number of nitrogens with one attached hydrogen (secondary N) is 2. The first-order valence-electron chi connectivity index (χ1n) is 6.39. The van der Waals surface area contributed by atoms with E-state index < -0.39 is 5.54 Å². The number of hydrogen-bond acceptors (Lipinski definition) is 4. The summed E-state index contributed by atoms with van der Waals surface area (Å²) in [6.45, 7) is 1.50. The minimum atomic E-state index is -0.887. The molecule has 1 aromatic carbocycles. The van der Waals surface area contributed by atoms with E-state index >= 15 is 0 Å². The fourth-order valence-corrected chi connectivity index (χ4v) is 1.97. The number of nitrogens with zero attached hydrogens (tertiary/aromatic N) is 1. The van der Waals surface area contributed by atoms with Gasteiger partial charge in [0.2, 0.25) is 5.91 Å². The van der Waals surface area contributed by atoms with Crippen LogP contribution in [-0.4, -0.2) is 29.2 Å². The van der Waals surface area contributed by atoms with Crippen molar-refractivity contribution in [3.05, 3.63) is 35.9 Å². The SMILES string of the molecule is CC(CO)(NC(=O)C1=NNC(=O)CC1)c1ccccc1. The molecule has 0 saturated carbocycles. The normalized spacial score (nSPS) is 17.7. The third-order valence-corrected chi connectivity index (χ3v) is 3.28. The molecule has 2 rings (SSSR count). The molecule has 2 amide bonds. The van der Waals surface area contributed by atoms with Crippen molar-refractivity contribution in [1.82, 2.24) is 10.7 Å². The summed E-state index contributed by atoms with van der Waals surface area (Å²) < 4.78 is 0. The molecule has 20 heavy (non-hydrogen) atoms. The lowest BCUT2D eigenvalue weighted by atomic mass is 9.92. The molecule has 1 atom stereocenters. The van der Waals surface area contributed by atoms with Crippen LogP contribution >= 0.6 is 0 Å². The molecule has 6 nitrogen and oxygen atoms in total. The predicted molar refractivity (Wildman–Crippen MR) is 73.8 cm³/mol. The van der Waals surface area contributed by atoms with Gasteiger partial charge in [0, 0.05) is 12.8 Å². The van der Waals surface area contributed by atoms with Crippen molar-refractivity contribution in [2.75, 3.05) is 6.61 Å². The fraction of sp³-hybridized carbons (Fsp3) is 0.357. The quantitative estimate of drug-likeness (QED) is 0.737. The summed E-state index contributed by atoms with van der Waals surface area (Å²) in [6, 6.07) is 9.22. The first-order valence-corrected chi connectivity index (χ1v) is 6.39. The van der Waals surface area contributed by atoms with E-state index in [0.29, 0.717) is 6.42 Å². The number of hydrogen-bond donors (Lipinski definition) is 3. The highest BCUT2D eigenvalue weighted by molar-refractivity contribution is 6.39. The number of rotatable bonds is 4. The number of hydrazone groups is 1. The predicted octanol–water partition coefficient (Wildman–Crippen LogP) is 0.276. The largest absolute Gasteiger partial charge is 0.394 e. The van der Waals surface area contributed by atoms with Crippen LogP contribution in [-0.2, 0) is 15.1 Å². The Morgan fingerprint density at radius 3 is 2.65 bits per heavy atom. The number of benzene rings is 1. The zero-order valence-corrected chi connectivity index (χ0v) is 11.2. The summed E-state index contributed by atoms with van der Waals surface area (Å²) in [6.07, 6.45) is 0.543. The van der Waals surface area contributed by atoms with Gasteiger partial charge in [-0.3, -0.25) is 9.59 Å². The lowest BCUT2D eigenvalue weighted by molar-refractivity contribution is -0.121. The number of carbonyl (C=O) groups is 2. The van der Waals surface area contributed by atoms with Crippen LogP contribution in [0.3, 0.4) is 0 Å². The van der Waals surface area contributed by atoms with Crippen LogP contribution in [0.15, 0.2) is 35.4 Å². The molecule has 6 heteroatoms. The van der Waals surface area contributed by atoms with E-state index in [0.717, 1.165) is 5.56 Å². The van der Waals surface area contributed by atoms with E-state index in [1.54, 1.807) is 6.92 Å². The molecule has 1 unspecified atom stereocenters. The van der Waals surface area contributed by atoms with Crippen LogP contribution < -0.4 is 10.7 Å². The number of amides is 2. The molecule has 0 radical (unpaired) electrons. The van der Waals surface area contributed by atoms with Gasteiger partial charge in [-0.2, -0.15) is 5.10 Å². The van der Waals surface area contributed by atoms with E-state index in [1.165, 1.54) is 0 Å². The molecule has 1 aliphatic rings. The fourth-order valence-electron chi connectivity index (χ4n) is 1.97. The van der Waals surface area contributed by atoms with Gasteiger partial charge in [-0.15, -0.1) is 0 Å². The Morgan fingerprint density at radius 2 is 2.10 bits per heavy atom. The highest BCUT2D eigenvalue weighted by atomic mass is 16.3. The Labute approximate surface area is 116 Å². The molecular weight excluding hydrogens is 258 g/mol. The Balaban J connectivity index is 2.14. The number of aliphatic hydroxyl groups excluding tert-OH is 1. The average Bonchev–Trinajstić information content (AvgIpc) is 2.48. The minimum Gasteiger partial charge on any atom is -0.394 e. The second kappa shape index (κ2) is 5.83. The number of carbonyl (C=O) groups excluding carboxylic acids is 2. The minimum absolute atomic E-state index is 0.200. The van der Waals surface area contributed by atoms with Crippen LogP contribution in [0.1, 0.15) is 25.3 Å². The Morgan fingerprint density at radius 1 is 1.40 bits per heavy atom. The molecular formula is C14H17N3O3. The van der Waals surface area contributed by atoms with Crippen molar-refractivity contribution < 1.29 is 14.7 Å². The van der Waals surface area contributed by atoms with Gasteiger partial charge in [-0.05, 0) is 12.5 Å². The Bertz CT molecular complexity index is 542. The molecule has 0 aromatic heterocycles. The summed E-state index contributed by atoms with van der Waals surface area (Å²) in [5.74, 6) is -0.583. The molecule has 0 saturated heterocycles. The van der Waals surface area contributed by atoms with Crippen molar-refractivity contribution >= 4 is 17.5 Å². The van der Waals surface area contributed by atoms with E-state index in [9.17, 15) is 14.7 Å². The smallest absolute Gasteiger partial charge is 0.268 e. The van der Waals surface area contributed by atoms with Crippen molar-refractivity contribution in [1.29, 1.82) is 0 Å². The van der Waals surface area contributed by atoms with E-state index in [1.807, 2.05) is 30.3 Å². The third kappa shape index (κ3) is 3.03. The monoisotopic (exact) mass is 275 g/mol. The van der Waals surface area contributed by atoms with E-state index in [2.05, 4.69) is 15.8 Å². The van der Waals surface area contributed by atoms with Gasteiger partial charge < -0.3 is 10.4 Å². The van der Waals surface area contributed by atoms with Gasteiger partial charge in [0.05, 0.1) is 12.1 Å². The Hall–Kier alpha value is -2.21. The first kappa shape index (κ1) is 14.2. The highest BCUT2D eigenvalue weighted by Crippen LogP contribution is 2.20. The standard InChI is InChI=1S/C14H17N3O3/c1-14(9-18,10-5-3-2-4-6-10)15-13(20)11-7-8-12(19)17-16-11/h2-6,18H,7-9H2,1H3,(H,15,20)(H,17,19). The summed E-state index contributed by atoms with van der Waals surface area (Å²) in [5.41, 5.74) is 2.46. The van der Waals surface area contributed by atoms with Crippen molar-refractivity contribution in [3.63, 3.8) is 0 Å². The van der Waals surface area contributed by atoms with Gasteiger partial charge in [-0.1, -0.05) is 30.3 Å². The summed E-state index contributed by atoms with van der Waals surface area (Å²) >= 11 is 0. The Kier molecular flexibility index (Phi) is 4.14. The maximum absolute atomic E-state index is 12.1. The van der Waals surface area contributed by atoms with Crippen molar-refractivity contribution in [2.45, 2.75) is 25.3 Å². The first-order chi connectivity index (χ1) is 9.55. The van der Waals surface area contributed by atoms with Gasteiger partial charge in [0.25, 0.3) is 5.91 Å². The number of aliphatic hydroxyl groups is 1. The highest BCUT2D eigenvalue weighted by Gasteiger charge is 2.30. The molecule has 0 bridgehead atoms. The van der Waals surface area contributed by atoms with Gasteiger partial charge in [0.1, 0.15) is 5.71 Å².